The number of anilines is 1. The first-order chi connectivity index (χ1) is 20.1. The highest BCUT2D eigenvalue weighted by Gasteiger charge is 2.47. The molecule has 4 rings (SSSR count). The van der Waals surface area contributed by atoms with Gasteiger partial charge in [0, 0.05) is 44.7 Å². The number of hydrogen-bond donors (Lipinski definition) is 0. The third kappa shape index (κ3) is 7.90. The van der Waals surface area contributed by atoms with Gasteiger partial charge in [-0.1, -0.05) is 48.1 Å². The first-order valence-corrected chi connectivity index (χ1v) is 15.0. The number of halogens is 1. The first-order valence-electron chi connectivity index (χ1n) is 15.0. The number of allylic oxidation sites excluding steroid dienone is 2. The number of hydrogen-bond acceptors (Lipinski definition) is 5. The zero-order valence-electron chi connectivity index (χ0n) is 25.7. The van der Waals surface area contributed by atoms with Gasteiger partial charge in [-0.25, -0.2) is 9.18 Å². The smallest absolute Gasteiger partial charge is 0.415 e. The lowest BCUT2D eigenvalue weighted by atomic mass is 9.90. The monoisotopic (exact) mass is 576 g/mol. The Hall–Kier alpha value is -3.42. The number of ether oxygens (including phenoxy) is 3. The summed E-state index contributed by atoms with van der Waals surface area (Å²) in [6.45, 7) is 18.5. The molecule has 2 aromatic carbocycles. The van der Waals surface area contributed by atoms with Gasteiger partial charge in [0.2, 0.25) is 0 Å². The largest absolute Gasteiger partial charge is 0.494 e. The maximum absolute atomic E-state index is 13.5. The van der Waals surface area contributed by atoms with Crippen LogP contribution in [0.25, 0.3) is 5.57 Å². The summed E-state index contributed by atoms with van der Waals surface area (Å²) in [5.74, 6) is 0.415. The molecule has 226 valence electrons. The van der Waals surface area contributed by atoms with Crippen molar-refractivity contribution in [2.45, 2.75) is 65.6 Å². The minimum atomic E-state index is -0.456. The van der Waals surface area contributed by atoms with Crippen LogP contribution >= 0.6 is 0 Å². The number of nitrogens with zero attached hydrogens (tertiary/aromatic N) is 2. The number of aryl methyl sites for hydroxylation is 2. The van der Waals surface area contributed by atoms with E-state index < -0.39 is 5.60 Å². The van der Waals surface area contributed by atoms with E-state index in [9.17, 15) is 9.18 Å². The molecule has 1 atom stereocenters. The summed E-state index contributed by atoms with van der Waals surface area (Å²) >= 11 is 0. The Morgan fingerprint density at radius 1 is 1.12 bits per heavy atom. The molecule has 6 nitrogen and oxygen atoms in total. The van der Waals surface area contributed by atoms with Gasteiger partial charge in [-0.05, 0) is 76.4 Å². The Labute approximate surface area is 250 Å². The van der Waals surface area contributed by atoms with Crippen LogP contribution in [0.4, 0.5) is 14.9 Å². The van der Waals surface area contributed by atoms with Crippen LogP contribution in [0.1, 0.15) is 56.7 Å². The lowest BCUT2D eigenvalue weighted by Gasteiger charge is -2.37. The van der Waals surface area contributed by atoms with Crippen LogP contribution < -0.4 is 4.90 Å². The van der Waals surface area contributed by atoms with E-state index >= 15 is 0 Å². The van der Waals surface area contributed by atoms with Crippen LogP contribution in [-0.2, 0) is 14.2 Å². The zero-order valence-corrected chi connectivity index (χ0v) is 25.7. The van der Waals surface area contributed by atoms with Gasteiger partial charge in [0.25, 0.3) is 0 Å². The average molecular weight is 577 g/mol. The Balaban J connectivity index is 1.43. The molecule has 0 aromatic heterocycles. The topological polar surface area (TPSA) is 51.2 Å². The number of benzene rings is 2. The summed E-state index contributed by atoms with van der Waals surface area (Å²) in [6.07, 6.45) is 6.22. The lowest BCUT2D eigenvalue weighted by Crippen LogP contribution is -2.47. The first kappa shape index (κ1) is 31.5. The Morgan fingerprint density at radius 3 is 2.48 bits per heavy atom. The van der Waals surface area contributed by atoms with Gasteiger partial charge in [0.15, 0.2) is 0 Å². The second-order valence-corrected chi connectivity index (χ2v) is 11.4. The molecule has 0 radical (unpaired) electrons. The molecule has 2 saturated heterocycles. The molecule has 1 spiro atoms. The summed E-state index contributed by atoms with van der Waals surface area (Å²) in [5.41, 5.74) is 5.51. The van der Waals surface area contributed by atoms with E-state index in [1.807, 2.05) is 32.9 Å². The van der Waals surface area contributed by atoms with Gasteiger partial charge >= 0.3 is 6.09 Å². The number of likely N-dealkylation sites (tertiary alicyclic amines) is 1. The molecule has 2 aromatic rings. The molecule has 1 unspecified atom stereocenters. The lowest BCUT2D eigenvalue weighted by molar-refractivity contribution is 0.00283. The van der Waals surface area contributed by atoms with Crippen molar-refractivity contribution in [3.63, 3.8) is 0 Å². The maximum Gasteiger partial charge on any atom is 0.415 e. The summed E-state index contributed by atoms with van der Waals surface area (Å²) in [7, 11) is 0. The normalized spacial score (nSPS) is 18.3. The van der Waals surface area contributed by atoms with Crippen molar-refractivity contribution in [2.75, 3.05) is 44.3 Å². The molecule has 0 N–H and O–H groups in total. The van der Waals surface area contributed by atoms with Crippen molar-refractivity contribution in [2.24, 2.45) is 0 Å². The zero-order chi connectivity index (χ0) is 30.3. The number of amides is 1. The summed E-state index contributed by atoms with van der Waals surface area (Å²) in [4.78, 5) is 17.1. The highest BCUT2D eigenvalue weighted by Crippen LogP contribution is 2.37. The van der Waals surface area contributed by atoms with E-state index in [0.717, 1.165) is 54.9 Å². The molecule has 2 heterocycles. The van der Waals surface area contributed by atoms with Gasteiger partial charge in [0.1, 0.15) is 17.2 Å². The molecule has 0 bridgehead atoms. The Morgan fingerprint density at radius 2 is 1.83 bits per heavy atom. The van der Waals surface area contributed by atoms with E-state index in [-0.39, 0.29) is 18.0 Å². The fourth-order valence-electron chi connectivity index (χ4n) is 5.85. The van der Waals surface area contributed by atoms with Gasteiger partial charge in [-0.3, -0.25) is 9.80 Å². The highest BCUT2D eigenvalue weighted by molar-refractivity contribution is 5.91. The van der Waals surface area contributed by atoms with Crippen molar-refractivity contribution >= 4 is 17.4 Å². The number of carbonyl (C=O) groups excluding carboxylic acids is 1. The van der Waals surface area contributed by atoms with E-state index in [1.165, 1.54) is 23.3 Å². The predicted molar refractivity (Wildman–Crippen MR) is 167 cm³/mol. The van der Waals surface area contributed by atoms with E-state index in [2.05, 4.69) is 43.5 Å². The van der Waals surface area contributed by atoms with E-state index in [0.29, 0.717) is 31.9 Å². The van der Waals surface area contributed by atoms with Gasteiger partial charge in [0.05, 0.1) is 24.9 Å². The molecule has 0 aliphatic carbocycles. The van der Waals surface area contributed by atoms with Crippen molar-refractivity contribution in [1.82, 2.24) is 4.90 Å². The standard InChI is InChI=1S/C35H45FN2O4/c1-7-40-27(5)22-29(10-16-33(41-8-2)28(6)30-11-13-31(36)14-12-30)23-37-19-17-35(18-20-37)24-38(34(39)42-35)32-15-9-25(3)21-26(32)4/h9,11-16,21-22,27H,6-8,10,17-20,23-24H2,1-5H3/b29-22+,33-16+. The SMILES string of the molecule is C=C(/C(=C\C/C(=C\C(C)OCC)CN1CCC2(CC1)CN(c1ccc(C)cc1C)C(=O)O2)OCC)c1ccc(F)cc1. The van der Waals surface area contributed by atoms with Crippen LogP contribution in [0.2, 0.25) is 0 Å². The molecule has 1 amide bonds. The number of carbonyl (C=O) groups is 1. The van der Waals surface area contributed by atoms with Crippen LogP contribution in [0.5, 0.6) is 0 Å². The summed E-state index contributed by atoms with van der Waals surface area (Å²) in [6, 6.07) is 12.5. The second kappa shape index (κ2) is 14.2. The minimum absolute atomic E-state index is 0.0209. The minimum Gasteiger partial charge on any atom is -0.494 e. The Kier molecular flexibility index (Phi) is 10.6. The maximum atomic E-state index is 13.5. The number of piperidine rings is 1. The van der Waals surface area contributed by atoms with E-state index in [4.69, 9.17) is 14.2 Å². The second-order valence-electron chi connectivity index (χ2n) is 11.4. The van der Waals surface area contributed by atoms with Crippen LogP contribution in [-0.4, -0.2) is 62.1 Å². The molecular weight excluding hydrogens is 531 g/mol. The van der Waals surface area contributed by atoms with Crippen LogP contribution in [0, 0.1) is 19.7 Å². The average Bonchev–Trinajstić information content (AvgIpc) is 3.27. The van der Waals surface area contributed by atoms with Crippen molar-refractivity contribution < 1.29 is 23.4 Å². The van der Waals surface area contributed by atoms with Crippen molar-refractivity contribution in [3.8, 4) is 0 Å². The third-order valence-electron chi connectivity index (χ3n) is 8.05. The van der Waals surface area contributed by atoms with Gasteiger partial charge in [-0.15, -0.1) is 0 Å². The van der Waals surface area contributed by atoms with Crippen molar-refractivity contribution in [1.29, 1.82) is 0 Å². The fraction of sp³-hybridized carbons (Fsp3) is 0.457. The van der Waals surface area contributed by atoms with Crippen molar-refractivity contribution in [3.05, 3.63) is 95.0 Å². The number of rotatable bonds is 12. The molecule has 2 aliphatic rings. The van der Waals surface area contributed by atoms with Crippen LogP contribution in [0.15, 0.2) is 72.5 Å². The molecule has 2 fully saturated rings. The molecule has 2 aliphatic heterocycles. The van der Waals surface area contributed by atoms with Crippen LogP contribution in [0.3, 0.4) is 0 Å². The van der Waals surface area contributed by atoms with Gasteiger partial charge in [-0.2, -0.15) is 0 Å². The fourth-order valence-corrected chi connectivity index (χ4v) is 5.85. The molecule has 7 heteroatoms. The highest BCUT2D eigenvalue weighted by atomic mass is 19.1. The summed E-state index contributed by atoms with van der Waals surface area (Å²) < 4.78 is 31.3. The predicted octanol–water partition coefficient (Wildman–Crippen LogP) is 7.61. The quantitative estimate of drug-likeness (QED) is 0.148. The molecular formula is C35H45FN2O4. The van der Waals surface area contributed by atoms with E-state index in [1.54, 1.807) is 17.0 Å². The summed E-state index contributed by atoms with van der Waals surface area (Å²) in [5, 5.41) is 0. The molecule has 0 saturated carbocycles. The third-order valence-corrected chi connectivity index (χ3v) is 8.05. The Bertz CT molecular complexity index is 1310. The van der Waals surface area contributed by atoms with Gasteiger partial charge < -0.3 is 14.2 Å². The molecule has 42 heavy (non-hydrogen) atoms.